The Morgan fingerprint density at radius 1 is 1.14 bits per heavy atom. The molecule has 21 heavy (non-hydrogen) atoms. The molecule has 5 heteroatoms. The van der Waals surface area contributed by atoms with Gasteiger partial charge in [0, 0.05) is 50.7 Å². The summed E-state index contributed by atoms with van der Waals surface area (Å²) in [6, 6.07) is 4.06. The van der Waals surface area contributed by atoms with Gasteiger partial charge in [0.1, 0.15) is 0 Å². The number of nitrogens with zero attached hydrogens (tertiary/aromatic N) is 3. The first-order valence-electron chi connectivity index (χ1n) is 7.84. The quantitative estimate of drug-likeness (QED) is 0.803. The van der Waals surface area contributed by atoms with Crippen LogP contribution in [-0.2, 0) is 0 Å². The molecule has 0 amide bonds. The minimum Gasteiger partial charge on any atom is -0.370 e. The average molecular weight is 297 g/mol. The second-order valence-corrected chi connectivity index (χ2v) is 5.75. The van der Waals surface area contributed by atoms with E-state index < -0.39 is 6.43 Å². The van der Waals surface area contributed by atoms with Crippen molar-refractivity contribution in [3.8, 4) is 0 Å². The highest BCUT2D eigenvalue weighted by molar-refractivity contribution is 5.44. The molecule has 0 aromatic carbocycles. The number of anilines is 1. The van der Waals surface area contributed by atoms with Crippen molar-refractivity contribution >= 4 is 5.69 Å². The van der Waals surface area contributed by atoms with Crippen LogP contribution in [0.25, 0.3) is 0 Å². The molecule has 118 valence electrons. The van der Waals surface area contributed by atoms with E-state index in [1.165, 1.54) is 5.69 Å². The van der Waals surface area contributed by atoms with Crippen LogP contribution in [0.15, 0.2) is 24.5 Å². The summed E-state index contributed by atoms with van der Waals surface area (Å²) < 4.78 is 25.1. The van der Waals surface area contributed by atoms with Crippen LogP contribution in [0.4, 0.5) is 14.5 Å². The number of hydrogen-bond donors (Lipinski definition) is 0. The van der Waals surface area contributed by atoms with Crippen molar-refractivity contribution in [2.45, 2.75) is 32.6 Å². The summed E-state index contributed by atoms with van der Waals surface area (Å²) in [5.74, 6) is 0.109. The molecule has 1 aromatic heterocycles. The Bertz CT molecular complexity index is 400. The fourth-order valence-corrected chi connectivity index (χ4v) is 2.95. The van der Waals surface area contributed by atoms with Crippen molar-refractivity contribution in [2.75, 3.05) is 37.6 Å². The van der Waals surface area contributed by atoms with Crippen molar-refractivity contribution in [3.63, 3.8) is 0 Å². The second kappa shape index (κ2) is 8.27. The highest BCUT2D eigenvalue weighted by Gasteiger charge is 2.20. The van der Waals surface area contributed by atoms with E-state index in [0.29, 0.717) is 0 Å². The van der Waals surface area contributed by atoms with Gasteiger partial charge in [-0.15, -0.1) is 0 Å². The fraction of sp³-hybridized carbons (Fsp3) is 0.688. The second-order valence-electron chi connectivity index (χ2n) is 5.75. The Kier molecular flexibility index (Phi) is 6.36. The van der Waals surface area contributed by atoms with Crippen molar-refractivity contribution < 1.29 is 8.78 Å². The largest absolute Gasteiger partial charge is 0.370 e. The van der Waals surface area contributed by atoms with E-state index in [1.807, 2.05) is 31.5 Å². The van der Waals surface area contributed by atoms with Gasteiger partial charge in [-0.2, -0.15) is 0 Å². The van der Waals surface area contributed by atoms with Gasteiger partial charge in [-0.3, -0.25) is 4.98 Å². The topological polar surface area (TPSA) is 19.4 Å². The zero-order valence-corrected chi connectivity index (χ0v) is 12.7. The number of hydrogen-bond acceptors (Lipinski definition) is 3. The smallest absolute Gasteiger partial charge is 0.238 e. The van der Waals surface area contributed by atoms with Crippen LogP contribution in [0, 0.1) is 5.92 Å². The van der Waals surface area contributed by atoms with E-state index >= 15 is 0 Å². The van der Waals surface area contributed by atoms with Crippen LogP contribution in [0.1, 0.15) is 26.2 Å². The van der Waals surface area contributed by atoms with Gasteiger partial charge >= 0.3 is 0 Å². The van der Waals surface area contributed by atoms with E-state index in [4.69, 9.17) is 0 Å². The Balaban J connectivity index is 1.86. The Labute approximate surface area is 126 Å². The first-order chi connectivity index (χ1) is 10.2. The zero-order chi connectivity index (χ0) is 15.1. The average Bonchev–Trinajstić information content (AvgIpc) is 2.72. The molecule has 0 N–H and O–H groups in total. The van der Waals surface area contributed by atoms with Gasteiger partial charge < -0.3 is 9.80 Å². The SMILES string of the molecule is CCC(CC(F)F)CN1CCCN(c2ccncc2)CC1. The van der Waals surface area contributed by atoms with E-state index in [9.17, 15) is 8.78 Å². The predicted molar refractivity (Wildman–Crippen MR) is 81.9 cm³/mol. The Morgan fingerprint density at radius 3 is 2.57 bits per heavy atom. The fourth-order valence-electron chi connectivity index (χ4n) is 2.95. The van der Waals surface area contributed by atoms with Gasteiger partial charge in [0.15, 0.2) is 0 Å². The lowest BCUT2D eigenvalue weighted by Gasteiger charge is -2.26. The van der Waals surface area contributed by atoms with Gasteiger partial charge in [-0.05, 0) is 31.0 Å². The maximum Gasteiger partial charge on any atom is 0.238 e. The molecule has 0 radical (unpaired) electrons. The molecule has 0 spiro atoms. The van der Waals surface area contributed by atoms with Crippen LogP contribution in [0.5, 0.6) is 0 Å². The van der Waals surface area contributed by atoms with E-state index in [2.05, 4.69) is 14.8 Å². The third-order valence-corrected chi connectivity index (χ3v) is 4.22. The standard InChI is InChI=1S/C16H25F2N3/c1-2-14(12-16(17)18)13-20-8-3-9-21(11-10-20)15-4-6-19-7-5-15/h4-7,14,16H,2-3,8-13H2,1H3. The van der Waals surface area contributed by atoms with Gasteiger partial charge in [-0.25, -0.2) is 8.78 Å². The summed E-state index contributed by atoms with van der Waals surface area (Å²) in [5, 5.41) is 0. The molecule has 1 atom stereocenters. The molecule has 1 aliphatic rings. The molecular weight excluding hydrogens is 272 g/mol. The molecular formula is C16H25F2N3. The highest BCUT2D eigenvalue weighted by atomic mass is 19.3. The van der Waals surface area contributed by atoms with Crippen molar-refractivity contribution in [2.24, 2.45) is 5.92 Å². The maximum atomic E-state index is 12.6. The summed E-state index contributed by atoms with van der Waals surface area (Å²) in [6.45, 7) is 6.73. The summed E-state index contributed by atoms with van der Waals surface area (Å²) in [7, 11) is 0. The maximum absolute atomic E-state index is 12.6. The number of rotatable bonds is 6. The summed E-state index contributed by atoms with van der Waals surface area (Å²) in [4.78, 5) is 8.75. The van der Waals surface area contributed by atoms with Gasteiger partial charge in [0.2, 0.25) is 6.43 Å². The van der Waals surface area contributed by atoms with Crippen molar-refractivity contribution in [1.82, 2.24) is 9.88 Å². The normalized spacial score (nSPS) is 18.8. The molecule has 2 heterocycles. The molecule has 0 bridgehead atoms. The van der Waals surface area contributed by atoms with E-state index in [1.54, 1.807) is 0 Å². The van der Waals surface area contributed by atoms with E-state index in [0.717, 1.165) is 45.6 Å². The van der Waals surface area contributed by atoms with Crippen molar-refractivity contribution in [1.29, 1.82) is 0 Å². The number of halogens is 2. The summed E-state index contributed by atoms with van der Waals surface area (Å²) >= 11 is 0. The van der Waals surface area contributed by atoms with Gasteiger partial charge in [0.25, 0.3) is 0 Å². The molecule has 1 aromatic rings. The van der Waals surface area contributed by atoms with Gasteiger partial charge in [0.05, 0.1) is 0 Å². The molecule has 1 aliphatic heterocycles. The Hall–Kier alpha value is -1.23. The first kappa shape index (κ1) is 16.1. The zero-order valence-electron chi connectivity index (χ0n) is 12.7. The van der Waals surface area contributed by atoms with Gasteiger partial charge in [-0.1, -0.05) is 13.3 Å². The third-order valence-electron chi connectivity index (χ3n) is 4.22. The Morgan fingerprint density at radius 2 is 1.90 bits per heavy atom. The van der Waals surface area contributed by atoms with Crippen LogP contribution < -0.4 is 4.90 Å². The lowest BCUT2D eigenvalue weighted by atomic mass is 10.0. The number of pyridine rings is 1. The molecule has 3 nitrogen and oxygen atoms in total. The predicted octanol–water partition coefficient (Wildman–Crippen LogP) is 3.28. The van der Waals surface area contributed by atoms with Crippen LogP contribution in [0.2, 0.25) is 0 Å². The molecule has 0 aliphatic carbocycles. The lowest BCUT2D eigenvalue weighted by Crippen LogP contribution is -2.34. The molecule has 1 fully saturated rings. The van der Waals surface area contributed by atoms with Crippen LogP contribution >= 0.6 is 0 Å². The minimum atomic E-state index is -2.18. The molecule has 2 rings (SSSR count). The highest BCUT2D eigenvalue weighted by Crippen LogP contribution is 2.19. The monoisotopic (exact) mass is 297 g/mol. The number of aromatic nitrogens is 1. The summed E-state index contributed by atoms with van der Waals surface area (Å²) in [5.41, 5.74) is 1.20. The van der Waals surface area contributed by atoms with Crippen molar-refractivity contribution in [3.05, 3.63) is 24.5 Å². The third kappa shape index (κ3) is 5.23. The summed E-state index contributed by atoms with van der Waals surface area (Å²) in [6.07, 6.45) is 3.38. The number of alkyl halides is 2. The lowest BCUT2D eigenvalue weighted by molar-refractivity contribution is 0.0994. The molecule has 1 saturated heterocycles. The van der Waals surface area contributed by atoms with E-state index in [-0.39, 0.29) is 12.3 Å². The first-order valence-corrected chi connectivity index (χ1v) is 7.84. The van der Waals surface area contributed by atoms with Crippen LogP contribution in [-0.4, -0.2) is 49.0 Å². The molecule has 0 saturated carbocycles. The van der Waals surface area contributed by atoms with Crippen LogP contribution in [0.3, 0.4) is 0 Å². The molecule has 1 unspecified atom stereocenters. The minimum absolute atomic E-state index is 0.0288.